The number of carbonyl (C=O) groups excluding carboxylic acids is 1. The number of amides is 1. The Morgan fingerprint density at radius 2 is 2.12 bits per heavy atom. The number of pyridine rings is 1. The Kier molecular flexibility index (Phi) is 5.46. The number of rotatable bonds is 6. The fraction of sp³-hybridized carbons (Fsp3) is 0.538. The van der Waals surface area contributed by atoms with Crippen LogP contribution in [0, 0.1) is 5.92 Å². The van der Waals surface area contributed by atoms with Crippen molar-refractivity contribution in [2.45, 2.75) is 26.7 Å². The second kappa shape index (κ2) is 6.89. The maximum atomic E-state index is 11.8. The molecule has 0 fully saturated rings. The van der Waals surface area contributed by atoms with Gasteiger partial charge in [0.2, 0.25) is 5.88 Å². The van der Waals surface area contributed by atoms with Crippen LogP contribution in [0.1, 0.15) is 37.0 Å². The van der Waals surface area contributed by atoms with Gasteiger partial charge in [0.1, 0.15) is 0 Å². The lowest BCUT2D eigenvalue weighted by molar-refractivity contribution is 0.0946. The highest BCUT2D eigenvalue weighted by atomic mass is 16.5. The van der Waals surface area contributed by atoms with E-state index in [1.54, 1.807) is 19.2 Å². The lowest BCUT2D eigenvalue weighted by Gasteiger charge is -2.13. The second-order valence-electron chi connectivity index (χ2n) is 3.98. The Labute approximate surface area is 102 Å². The standard InChI is InChI=1S/C13H20N2O2/c1-4-10(5-2)8-15-13(16)11-6-7-12(17-3)14-9-11/h6-7,9-10H,4-5,8H2,1-3H3,(H,15,16). The van der Waals surface area contributed by atoms with Crippen molar-refractivity contribution in [3.63, 3.8) is 0 Å². The number of aromatic nitrogens is 1. The molecule has 0 aliphatic carbocycles. The van der Waals surface area contributed by atoms with Crippen molar-refractivity contribution in [2.24, 2.45) is 5.92 Å². The fourth-order valence-electron chi connectivity index (χ4n) is 1.55. The first-order valence-electron chi connectivity index (χ1n) is 5.99. The lowest BCUT2D eigenvalue weighted by Crippen LogP contribution is -2.28. The summed E-state index contributed by atoms with van der Waals surface area (Å²) in [5, 5.41) is 2.92. The molecule has 4 heteroatoms. The predicted molar refractivity (Wildman–Crippen MR) is 67.2 cm³/mol. The van der Waals surface area contributed by atoms with Crippen molar-refractivity contribution in [3.8, 4) is 5.88 Å². The molecule has 0 bridgehead atoms. The van der Waals surface area contributed by atoms with Crippen molar-refractivity contribution in [3.05, 3.63) is 23.9 Å². The molecule has 0 aromatic carbocycles. The third-order valence-corrected chi connectivity index (χ3v) is 2.91. The molecule has 17 heavy (non-hydrogen) atoms. The van der Waals surface area contributed by atoms with E-state index < -0.39 is 0 Å². The molecule has 0 unspecified atom stereocenters. The molecule has 4 nitrogen and oxygen atoms in total. The van der Waals surface area contributed by atoms with Crippen LogP contribution >= 0.6 is 0 Å². The van der Waals surface area contributed by atoms with E-state index in [0.717, 1.165) is 19.4 Å². The quantitative estimate of drug-likeness (QED) is 0.824. The molecule has 0 aliphatic rings. The summed E-state index contributed by atoms with van der Waals surface area (Å²) in [4.78, 5) is 15.8. The first-order chi connectivity index (χ1) is 8.21. The van der Waals surface area contributed by atoms with Gasteiger partial charge in [-0.05, 0) is 12.0 Å². The monoisotopic (exact) mass is 236 g/mol. The van der Waals surface area contributed by atoms with E-state index >= 15 is 0 Å². The van der Waals surface area contributed by atoms with Gasteiger partial charge in [0.15, 0.2) is 0 Å². The van der Waals surface area contributed by atoms with E-state index in [2.05, 4.69) is 24.1 Å². The zero-order chi connectivity index (χ0) is 12.7. The molecule has 1 aromatic heterocycles. The number of ether oxygens (including phenoxy) is 1. The highest BCUT2D eigenvalue weighted by molar-refractivity contribution is 5.93. The van der Waals surface area contributed by atoms with Gasteiger partial charge in [-0.15, -0.1) is 0 Å². The van der Waals surface area contributed by atoms with Crippen LogP contribution in [0.5, 0.6) is 5.88 Å². The van der Waals surface area contributed by atoms with Crippen LogP contribution in [0.25, 0.3) is 0 Å². The van der Waals surface area contributed by atoms with Gasteiger partial charge in [-0.1, -0.05) is 26.7 Å². The largest absolute Gasteiger partial charge is 0.481 e. The average Bonchev–Trinajstić information content (AvgIpc) is 2.39. The lowest BCUT2D eigenvalue weighted by atomic mass is 10.0. The summed E-state index contributed by atoms with van der Waals surface area (Å²) >= 11 is 0. The Hall–Kier alpha value is -1.58. The van der Waals surface area contributed by atoms with Crippen LogP contribution in [-0.4, -0.2) is 24.5 Å². The zero-order valence-electron chi connectivity index (χ0n) is 10.7. The fourth-order valence-corrected chi connectivity index (χ4v) is 1.55. The highest BCUT2D eigenvalue weighted by Crippen LogP contribution is 2.08. The first kappa shape index (κ1) is 13.5. The third kappa shape index (κ3) is 4.06. The summed E-state index contributed by atoms with van der Waals surface area (Å²) in [6.45, 7) is 4.99. The van der Waals surface area contributed by atoms with Gasteiger partial charge >= 0.3 is 0 Å². The minimum Gasteiger partial charge on any atom is -0.481 e. The van der Waals surface area contributed by atoms with Crippen LogP contribution < -0.4 is 10.1 Å². The Morgan fingerprint density at radius 1 is 1.41 bits per heavy atom. The van der Waals surface area contributed by atoms with Crippen molar-refractivity contribution in [1.82, 2.24) is 10.3 Å². The molecule has 1 amide bonds. The van der Waals surface area contributed by atoms with E-state index in [0.29, 0.717) is 17.4 Å². The Morgan fingerprint density at radius 3 is 2.59 bits per heavy atom. The molecule has 94 valence electrons. The van der Waals surface area contributed by atoms with Gasteiger partial charge in [-0.25, -0.2) is 4.98 Å². The maximum Gasteiger partial charge on any atom is 0.252 e. The molecular weight excluding hydrogens is 216 g/mol. The summed E-state index contributed by atoms with van der Waals surface area (Å²) < 4.78 is 4.94. The molecule has 1 aromatic rings. The van der Waals surface area contributed by atoms with E-state index in [1.807, 2.05) is 0 Å². The molecule has 0 aliphatic heterocycles. The van der Waals surface area contributed by atoms with E-state index in [9.17, 15) is 4.79 Å². The number of hydrogen-bond acceptors (Lipinski definition) is 3. The number of carbonyl (C=O) groups is 1. The molecule has 0 radical (unpaired) electrons. The SMILES string of the molecule is CCC(CC)CNC(=O)c1ccc(OC)nc1. The minimum atomic E-state index is -0.0768. The summed E-state index contributed by atoms with van der Waals surface area (Å²) in [6.07, 6.45) is 3.69. The van der Waals surface area contributed by atoms with E-state index in [-0.39, 0.29) is 5.91 Å². The highest BCUT2D eigenvalue weighted by Gasteiger charge is 2.09. The van der Waals surface area contributed by atoms with Gasteiger partial charge < -0.3 is 10.1 Å². The van der Waals surface area contributed by atoms with Crippen molar-refractivity contribution in [1.29, 1.82) is 0 Å². The summed E-state index contributed by atoms with van der Waals surface area (Å²) in [6, 6.07) is 3.40. The predicted octanol–water partition coefficient (Wildman–Crippen LogP) is 2.26. The van der Waals surface area contributed by atoms with Crippen molar-refractivity contribution < 1.29 is 9.53 Å². The van der Waals surface area contributed by atoms with Gasteiger partial charge in [0.25, 0.3) is 5.91 Å². The van der Waals surface area contributed by atoms with Crippen LogP contribution in [0.4, 0.5) is 0 Å². The molecule has 1 heterocycles. The number of nitrogens with zero attached hydrogens (tertiary/aromatic N) is 1. The average molecular weight is 236 g/mol. The summed E-state index contributed by atoms with van der Waals surface area (Å²) in [5.41, 5.74) is 0.566. The first-order valence-corrected chi connectivity index (χ1v) is 5.99. The normalized spacial score (nSPS) is 10.4. The Balaban J connectivity index is 2.51. The molecule has 0 saturated heterocycles. The number of hydrogen-bond donors (Lipinski definition) is 1. The molecule has 0 saturated carbocycles. The smallest absolute Gasteiger partial charge is 0.252 e. The van der Waals surface area contributed by atoms with Crippen LogP contribution in [-0.2, 0) is 0 Å². The van der Waals surface area contributed by atoms with Crippen LogP contribution in [0.2, 0.25) is 0 Å². The molecular formula is C13H20N2O2. The second-order valence-corrected chi connectivity index (χ2v) is 3.98. The maximum absolute atomic E-state index is 11.8. The zero-order valence-corrected chi connectivity index (χ0v) is 10.7. The summed E-state index contributed by atoms with van der Waals surface area (Å²) in [7, 11) is 1.55. The Bertz CT molecular complexity index is 345. The van der Waals surface area contributed by atoms with Gasteiger partial charge in [0, 0.05) is 18.8 Å². The van der Waals surface area contributed by atoms with E-state index in [4.69, 9.17) is 4.74 Å². The molecule has 1 N–H and O–H groups in total. The van der Waals surface area contributed by atoms with Gasteiger partial charge in [-0.3, -0.25) is 4.79 Å². The van der Waals surface area contributed by atoms with Crippen molar-refractivity contribution in [2.75, 3.05) is 13.7 Å². The molecule has 0 spiro atoms. The van der Waals surface area contributed by atoms with Crippen LogP contribution in [0.15, 0.2) is 18.3 Å². The number of methoxy groups -OCH3 is 1. The number of nitrogens with one attached hydrogen (secondary N) is 1. The summed E-state index contributed by atoms with van der Waals surface area (Å²) in [5.74, 6) is 0.985. The van der Waals surface area contributed by atoms with E-state index in [1.165, 1.54) is 6.20 Å². The van der Waals surface area contributed by atoms with Crippen molar-refractivity contribution >= 4 is 5.91 Å². The van der Waals surface area contributed by atoms with Gasteiger partial charge in [-0.2, -0.15) is 0 Å². The topological polar surface area (TPSA) is 51.2 Å². The molecule has 1 rings (SSSR count). The van der Waals surface area contributed by atoms with Gasteiger partial charge in [0.05, 0.1) is 12.7 Å². The van der Waals surface area contributed by atoms with Crippen LogP contribution in [0.3, 0.4) is 0 Å². The molecule has 0 atom stereocenters. The minimum absolute atomic E-state index is 0.0768. The third-order valence-electron chi connectivity index (χ3n) is 2.91.